The van der Waals surface area contributed by atoms with Crippen molar-refractivity contribution in [1.29, 1.82) is 0 Å². The molecular formula is C13H15ClN2O2. The first-order valence-corrected chi connectivity index (χ1v) is 5.95. The van der Waals surface area contributed by atoms with E-state index < -0.39 is 6.10 Å². The summed E-state index contributed by atoms with van der Waals surface area (Å²) in [7, 11) is 3.38. The fourth-order valence-electron chi connectivity index (χ4n) is 1.96. The van der Waals surface area contributed by atoms with Crippen molar-refractivity contribution < 1.29 is 9.84 Å². The van der Waals surface area contributed by atoms with Crippen LogP contribution in [-0.2, 0) is 18.4 Å². The lowest BCUT2D eigenvalue weighted by atomic mass is 10.0. The van der Waals surface area contributed by atoms with Gasteiger partial charge < -0.3 is 9.84 Å². The van der Waals surface area contributed by atoms with E-state index in [1.165, 1.54) is 6.20 Å². The lowest BCUT2D eigenvalue weighted by Gasteiger charge is -2.16. The van der Waals surface area contributed by atoms with Gasteiger partial charge in [-0.05, 0) is 11.1 Å². The molecule has 1 heterocycles. The second-order valence-corrected chi connectivity index (χ2v) is 4.44. The largest absolute Gasteiger partial charge is 0.382 e. The maximum absolute atomic E-state index is 10.4. The molecule has 1 aromatic carbocycles. The van der Waals surface area contributed by atoms with Crippen LogP contribution in [0.5, 0.6) is 0 Å². The topological polar surface area (TPSA) is 47.3 Å². The van der Waals surface area contributed by atoms with Crippen LogP contribution >= 0.6 is 11.6 Å². The van der Waals surface area contributed by atoms with E-state index in [2.05, 4.69) is 5.10 Å². The van der Waals surface area contributed by atoms with Crippen molar-refractivity contribution in [2.75, 3.05) is 7.11 Å². The number of nitrogens with zero attached hydrogens (tertiary/aromatic N) is 2. The molecule has 0 fully saturated rings. The first kappa shape index (κ1) is 13.1. The number of aliphatic hydroxyl groups is 1. The fourth-order valence-corrected chi connectivity index (χ4v) is 2.23. The van der Waals surface area contributed by atoms with E-state index >= 15 is 0 Å². The van der Waals surface area contributed by atoms with Gasteiger partial charge in [-0.3, -0.25) is 4.68 Å². The van der Waals surface area contributed by atoms with Crippen molar-refractivity contribution >= 4 is 11.6 Å². The number of benzene rings is 1. The molecule has 1 aromatic heterocycles. The molecule has 0 spiro atoms. The summed E-state index contributed by atoms with van der Waals surface area (Å²) in [6.45, 7) is 0.447. The fraction of sp³-hybridized carbons (Fsp3) is 0.308. The zero-order chi connectivity index (χ0) is 13.1. The number of aryl methyl sites for hydroxylation is 1. The van der Waals surface area contributed by atoms with E-state index in [0.29, 0.717) is 17.3 Å². The van der Waals surface area contributed by atoms with Crippen LogP contribution in [0.25, 0.3) is 0 Å². The number of aromatic nitrogens is 2. The van der Waals surface area contributed by atoms with Crippen molar-refractivity contribution in [2.24, 2.45) is 7.05 Å². The summed E-state index contributed by atoms with van der Waals surface area (Å²) in [5.74, 6) is 0. The van der Waals surface area contributed by atoms with Gasteiger partial charge in [-0.15, -0.1) is 0 Å². The zero-order valence-corrected chi connectivity index (χ0v) is 11.1. The molecule has 0 aliphatic rings. The summed E-state index contributed by atoms with van der Waals surface area (Å²) >= 11 is 6.04. The molecule has 18 heavy (non-hydrogen) atoms. The highest BCUT2D eigenvalue weighted by molar-refractivity contribution is 6.31. The van der Waals surface area contributed by atoms with E-state index in [0.717, 1.165) is 11.1 Å². The predicted octanol–water partition coefficient (Wildman–Crippen LogP) is 2.30. The first-order valence-electron chi connectivity index (χ1n) is 5.57. The Morgan fingerprint density at radius 3 is 2.78 bits per heavy atom. The molecule has 0 aliphatic heterocycles. The molecule has 1 unspecified atom stereocenters. The van der Waals surface area contributed by atoms with Gasteiger partial charge in [0.05, 0.1) is 23.5 Å². The van der Waals surface area contributed by atoms with Gasteiger partial charge in [0, 0.05) is 14.2 Å². The number of ether oxygens (including phenoxy) is 1. The van der Waals surface area contributed by atoms with Crippen molar-refractivity contribution in [1.82, 2.24) is 9.78 Å². The highest BCUT2D eigenvalue weighted by atomic mass is 35.5. The summed E-state index contributed by atoms with van der Waals surface area (Å²) in [6.07, 6.45) is 0.718. The smallest absolute Gasteiger partial charge is 0.122 e. The van der Waals surface area contributed by atoms with Crippen LogP contribution in [0.1, 0.15) is 22.9 Å². The summed E-state index contributed by atoms with van der Waals surface area (Å²) in [4.78, 5) is 0. The minimum Gasteiger partial charge on any atom is -0.382 e. The maximum atomic E-state index is 10.4. The summed E-state index contributed by atoms with van der Waals surface area (Å²) in [6, 6.07) is 7.58. The molecule has 5 heteroatoms. The Kier molecular flexibility index (Phi) is 4.01. The van der Waals surface area contributed by atoms with Gasteiger partial charge in [-0.1, -0.05) is 35.9 Å². The van der Waals surface area contributed by atoms with Crippen LogP contribution < -0.4 is 0 Å². The Balaban J connectivity index is 2.43. The third-order valence-corrected chi connectivity index (χ3v) is 3.14. The number of rotatable bonds is 4. The van der Waals surface area contributed by atoms with Gasteiger partial charge in [0.2, 0.25) is 0 Å². The Labute approximate surface area is 111 Å². The number of methoxy groups -OCH3 is 1. The molecule has 1 N–H and O–H groups in total. The summed E-state index contributed by atoms with van der Waals surface area (Å²) < 4.78 is 6.71. The van der Waals surface area contributed by atoms with Gasteiger partial charge in [0.15, 0.2) is 0 Å². The molecule has 0 saturated heterocycles. The lowest BCUT2D eigenvalue weighted by molar-refractivity contribution is 0.174. The molecule has 0 saturated carbocycles. The van der Waals surface area contributed by atoms with Crippen molar-refractivity contribution in [3.8, 4) is 0 Å². The second-order valence-electron chi connectivity index (χ2n) is 4.04. The van der Waals surface area contributed by atoms with Crippen LogP contribution in [0.15, 0.2) is 30.5 Å². The van der Waals surface area contributed by atoms with Crippen molar-refractivity contribution in [3.05, 3.63) is 52.3 Å². The number of aliphatic hydroxyl groups excluding tert-OH is 1. The highest BCUT2D eigenvalue weighted by Gasteiger charge is 2.20. The third-order valence-electron chi connectivity index (χ3n) is 2.85. The molecule has 0 bridgehead atoms. The average molecular weight is 267 g/mol. The van der Waals surface area contributed by atoms with Gasteiger partial charge in [-0.2, -0.15) is 5.10 Å². The molecule has 0 radical (unpaired) electrons. The van der Waals surface area contributed by atoms with E-state index in [1.807, 2.05) is 24.3 Å². The molecule has 1 atom stereocenters. The molecule has 2 aromatic rings. The molecule has 96 valence electrons. The molecule has 4 nitrogen and oxygen atoms in total. The van der Waals surface area contributed by atoms with E-state index in [4.69, 9.17) is 16.3 Å². The standard InChI is InChI=1S/C13H15ClN2O2/c1-16-12(11(14)7-15-16)13(17)10-6-4-3-5-9(10)8-18-2/h3-7,13,17H,8H2,1-2H3. The first-order chi connectivity index (χ1) is 8.65. The Hall–Kier alpha value is -1.36. The summed E-state index contributed by atoms with van der Waals surface area (Å²) in [5.41, 5.74) is 2.30. The second kappa shape index (κ2) is 5.52. The number of hydrogen-bond donors (Lipinski definition) is 1. The van der Waals surface area contributed by atoms with Crippen LogP contribution in [0.3, 0.4) is 0 Å². The van der Waals surface area contributed by atoms with Crippen LogP contribution in [0, 0.1) is 0 Å². The Bertz CT molecular complexity index is 520. The van der Waals surface area contributed by atoms with E-state index in [9.17, 15) is 5.11 Å². The molecular weight excluding hydrogens is 252 g/mol. The highest BCUT2D eigenvalue weighted by Crippen LogP contribution is 2.29. The van der Waals surface area contributed by atoms with Crippen LogP contribution in [0.2, 0.25) is 5.02 Å². The van der Waals surface area contributed by atoms with Gasteiger partial charge in [0.25, 0.3) is 0 Å². The Morgan fingerprint density at radius 1 is 1.44 bits per heavy atom. The van der Waals surface area contributed by atoms with Gasteiger partial charge >= 0.3 is 0 Å². The van der Waals surface area contributed by atoms with Crippen molar-refractivity contribution in [2.45, 2.75) is 12.7 Å². The maximum Gasteiger partial charge on any atom is 0.122 e. The summed E-state index contributed by atoms with van der Waals surface area (Å²) in [5, 5.41) is 14.9. The van der Waals surface area contributed by atoms with E-state index in [1.54, 1.807) is 18.8 Å². The third kappa shape index (κ3) is 2.41. The number of hydrogen-bond acceptors (Lipinski definition) is 3. The predicted molar refractivity (Wildman–Crippen MR) is 69.4 cm³/mol. The van der Waals surface area contributed by atoms with E-state index in [-0.39, 0.29) is 0 Å². The monoisotopic (exact) mass is 266 g/mol. The number of halogens is 1. The average Bonchev–Trinajstić information content (AvgIpc) is 2.69. The van der Waals surface area contributed by atoms with Crippen molar-refractivity contribution in [3.63, 3.8) is 0 Å². The minimum absolute atomic E-state index is 0.447. The van der Waals surface area contributed by atoms with Crippen LogP contribution in [-0.4, -0.2) is 22.0 Å². The molecule has 0 amide bonds. The van der Waals surface area contributed by atoms with Gasteiger partial charge in [-0.25, -0.2) is 0 Å². The normalized spacial score (nSPS) is 12.7. The quantitative estimate of drug-likeness (QED) is 0.924. The minimum atomic E-state index is -0.809. The van der Waals surface area contributed by atoms with Crippen LogP contribution in [0.4, 0.5) is 0 Å². The Morgan fingerprint density at radius 2 is 2.17 bits per heavy atom. The molecule has 0 aliphatic carbocycles. The molecule has 2 rings (SSSR count). The SMILES string of the molecule is COCc1ccccc1C(O)c1c(Cl)cnn1C. The lowest BCUT2D eigenvalue weighted by Crippen LogP contribution is -2.09. The zero-order valence-electron chi connectivity index (χ0n) is 10.3. The van der Waals surface area contributed by atoms with Gasteiger partial charge in [0.1, 0.15) is 6.10 Å².